The zero-order chi connectivity index (χ0) is 14.5. The molecule has 5 nitrogen and oxygen atoms in total. The van der Waals surface area contributed by atoms with Gasteiger partial charge in [0.2, 0.25) is 0 Å². The van der Waals surface area contributed by atoms with Crippen molar-refractivity contribution in [3.05, 3.63) is 38.4 Å². The number of rotatable bonds is 5. The third-order valence-corrected chi connectivity index (χ3v) is 4.09. The molecular weight excluding hydrogens is 340 g/mol. The summed E-state index contributed by atoms with van der Waals surface area (Å²) in [6, 6.07) is 1.75. The van der Waals surface area contributed by atoms with Crippen LogP contribution in [0, 0.1) is 6.92 Å². The van der Waals surface area contributed by atoms with E-state index < -0.39 is 0 Å². The fourth-order valence-electron chi connectivity index (χ4n) is 1.71. The van der Waals surface area contributed by atoms with Gasteiger partial charge in [-0.15, -0.1) is 11.3 Å². The van der Waals surface area contributed by atoms with E-state index in [-0.39, 0.29) is 5.91 Å². The molecule has 20 heavy (non-hydrogen) atoms. The number of nitrogens with one attached hydrogen (secondary N) is 2. The van der Waals surface area contributed by atoms with E-state index in [0.29, 0.717) is 17.9 Å². The normalized spacial score (nSPS) is 10.3. The lowest BCUT2D eigenvalue weighted by atomic mass is 10.2. The van der Waals surface area contributed by atoms with Crippen LogP contribution >= 0.6 is 27.3 Å². The molecule has 0 aliphatic rings. The Balaban J connectivity index is 1.96. The molecular formula is C13H15BrN4OS. The lowest BCUT2D eigenvalue weighted by Crippen LogP contribution is -2.26. The van der Waals surface area contributed by atoms with Crippen molar-refractivity contribution in [2.45, 2.75) is 13.3 Å². The van der Waals surface area contributed by atoms with Crippen molar-refractivity contribution in [3.8, 4) is 0 Å². The third-order valence-electron chi connectivity index (χ3n) is 2.63. The predicted molar refractivity (Wildman–Crippen MR) is 84.4 cm³/mol. The Bertz CT molecular complexity index is 614. The number of carbonyl (C=O) groups is 1. The molecule has 0 unspecified atom stereocenters. The van der Waals surface area contributed by atoms with E-state index in [2.05, 4.69) is 36.5 Å². The first-order valence-corrected chi connectivity index (χ1v) is 7.80. The minimum Gasteiger partial charge on any atom is -0.372 e. The van der Waals surface area contributed by atoms with Crippen LogP contribution < -0.4 is 10.6 Å². The molecule has 0 aliphatic carbocycles. The highest BCUT2D eigenvalue weighted by atomic mass is 79.9. The van der Waals surface area contributed by atoms with Crippen molar-refractivity contribution in [2.24, 2.45) is 0 Å². The molecule has 2 aromatic rings. The lowest BCUT2D eigenvalue weighted by molar-refractivity contribution is 0.0954. The van der Waals surface area contributed by atoms with E-state index in [9.17, 15) is 4.79 Å². The monoisotopic (exact) mass is 354 g/mol. The van der Waals surface area contributed by atoms with Crippen molar-refractivity contribution in [1.82, 2.24) is 15.3 Å². The van der Waals surface area contributed by atoms with Crippen molar-refractivity contribution in [2.75, 3.05) is 18.9 Å². The van der Waals surface area contributed by atoms with E-state index in [4.69, 9.17) is 0 Å². The number of carbonyl (C=O) groups excluding carboxylic acids is 1. The molecule has 0 atom stereocenters. The Labute approximate surface area is 130 Å². The topological polar surface area (TPSA) is 66.9 Å². The van der Waals surface area contributed by atoms with Gasteiger partial charge in [-0.3, -0.25) is 4.79 Å². The summed E-state index contributed by atoms with van der Waals surface area (Å²) in [4.78, 5) is 20.7. The summed E-state index contributed by atoms with van der Waals surface area (Å²) in [5.41, 5.74) is 1.54. The largest absolute Gasteiger partial charge is 0.372 e. The summed E-state index contributed by atoms with van der Waals surface area (Å²) in [6.07, 6.45) is 2.39. The van der Waals surface area contributed by atoms with Crippen LogP contribution in [0.1, 0.15) is 21.1 Å². The van der Waals surface area contributed by atoms with Gasteiger partial charge in [0, 0.05) is 41.8 Å². The van der Waals surface area contributed by atoms with Gasteiger partial charge in [0.25, 0.3) is 5.91 Å². The Morgan fingerprint density at radius 3 is 2.95 bits per heavy atom. The lowest BCUT2D eigenvalue weighted by Gasteiger charge is -2.09. The molecule has 7 heteroatoms. The van der Waals surface area contributed by atoms with Crippen molar-refractivity contribution >= 4 is 39.0 Å². The second-order valence-corrected chi connectivity index (χ2v) is 6.05. The number of anilines is 1. The van der Waals surface area contributed by atoms with Crippen LogP contribution in [-0.2, 0) is 6.42 Å². The maximum Gasteiger partial charge on any atom is 0.255 e. The van der Waals surface area contributed by atoms with Gasteiger partial charge >= 0.3 is 0 Å². The molecule has 106 valence electrons. The number of pyridine rings is 1. The molecule has 2 N–H and O–H groups in total. The number of aromatic nitrogens is 2. The maximum absolute atomic E-state index is 12.1. The zero-order valence-electron chi connectivity index (χ0n) is 11.2. The molecule has 0 fully saturated rings. The first kappa shape index (κ1) is 14.9. The van der Waals surface area contributed by atoms with Crippen LogP contribution in [0.4, 0.5) is 5.82 Å². The van der Waals surface area contributed by atoms with Crippen LogP contribution in [0.15, 0.2) is 22.1 Å². The average Bonchev–Trinajstić information content (AvgIpc) is 2.84. The third kappa shape index (κ3) is 3.77. The summed E-state index contributed by atoms with van der Waals surface area (Å²) in [6.45, 7) is 2.52. The summed E-state index contributed by atoms with van der Waals surface area (Å²) in [5, 5.41) is 8.84. The van der Waals surface area contributed by atoms with Gasteiger partial charge < -0.3 is 10.6 Å². The van der Waals surface area contributed by atoms with E-state index in [1.54, 1.807) is 30.6 Å². The standard InChI is InChI=1S/C13H15BrN4OS/c1-8-7-20-11(18-8)3-4-16-13(19)10-5-9(14)6-17-12(10)15-2/h5-7H,3-4H2,1-2H3,(H,15,17)(H,16,19). The van der Waals surface area contributed by atoms with Gasteiger partial charge in [-0.05, 0) is 28.9 Å². The van der Waals surface area contributed by atoms with E-state index >= 15 is 0 Å². The minimum atomic E-state index is -0.142. The molecule has 0 aromatic carbocycles. The molecule has 1 amide bonds. The van der Waals surface area contributed by atoms with E-state index in [1.807, 2.05) is 12.3 Å². The van der Waals surface area contributed by atoms with Crippen LogP contribution in [0.5, 0.6) is 0 Å². The van der Waals surface area contributed by atoms with Gasteiger partial charge in [-0.2, -0.15) is 0 Å². The number of hydrogen-bond acceptors (Lipinski definition) is 5. The molecule has 0 radical (unpaired) electrons. The maximum atomic E-state index is 12.1. The van der Waals surface area contributed by atoms with Gasteiger partial charge in [-0.25, -0.2) is 9.97 Å². The van der Waals surface area contributed by atoms with E-state index in [1.165, 1.54) is 0 Å². The SMILES string of the molecule is CNc1ncc(Br)cc1C(=O)NCCc1nc(C)cs1. The predicted octanol–water partition coefficient (Wildman–Crippen LogP) is 2.62. The highest BCUT2D eigenvalue weighted by Crippen LogP contribution is 2.17. The van der Waals surface area contributed by atoms with Gasteiger partial charge in [0.1, 0.15) is 5.82 Å². The summed E-state index contributed by atoms with van der Waals surface area (Å²) in [7, 11) is 1.74. The van der Waals surface area contributed by atoms with Gasteiger partial charge in [0.05, 0.1) is 10.6 Å². The smallest absolute Gasteiger partial charge is 0.255 e. The summed E-state index contributed by atoms with van der Waals surface area (Å²) in [5.74, 6) is 0.423. The Morgan fingerprint density at radius 2 is 2.30 bits per heavy atom. The Hall–Kier alpha value is -1.47. The van der Waals surface area contributed by atoms with Gasteiger partial charge in [-0.1, -0.05) is 0 Å². The number of nitrogens with zero attached hydrogens (tertiary/aromatic N) is 2. The van der Waals surface area contributed by atoms with Crippen molar-refractivity contribution in [1.29, 1.82) is 0 Å². The Morgan fingerprint density at radius 1 is 1.50 bits per heavy atom. The molecule has 0 aliphatic heterocycles. The minimum absolute atomic E-state index is 0.142. The van der Waals surface area contributed by atoms with E-state index in [0.717, 1.165) is 21.6 Å². The fourth-order valence-corrected chi connectivity index (χ4v) is 2.81. The zero-order valence-corrected chi connectivity index (χ0v) is 13.6. The first-order valence-electron chi connectivity index (χ1n) is 6.12. The molecule has 2 heterocycles. The fraction of sp³-hybridized carbons (Fsp3) is 0.308. The molecule has 0 saturated carbocycles. The van der Waals surface area contributed by atoms with Crippen molar-refractivity contribution < 1.29 is 4.79 Å². The number of aryl methyl sites for hydroxylation is 1. The van der Waals surface area contributed by atoms with Crippen LogP contribution in [0.25, 0.3) is 0 Å². The summed E-state index contributed by atoms with van der Waals surface area (Å²) < 4.78 is 0.775. The Kier molecular flexibility index (Phi) is 5.08. The second-order valence-electron chi connectivity index (χ2n) is 4.19. The number of halogens is 1. The number of hydrogen-bond donors (Lipinski definition) is 2. The highest BCUT2D eigenvalue weighted by Gasteiger charge is 2.12. The van der Waals surface area contributed by atoms with Crippen molar-refractivity contribution in [3.63, 3.8) is 0 Å². The number of thiazole rings is 1. The van der Waals surface area contributed by atoms with Crippen LogP contribution in [0.2, 0.25) is 0 Å². The average molecular weight is 355 g/mol. The molecule has 0 bridgehead atoms. The first-order chi connectivity index (χ1) is 9.60. The summed E-state index contributed by atoms with van der Waals surface area (Å²) >= 11 is 4.94. The molecule has 0 saturated heterocycles. The molecule has 2 aromatic heterocycles. The number of amides is 1. The molecule has 2 rings (SSSR count). The van der Waals surface area contributed by atoms with Crippen LogP contribution in [-0.4, -0.2) is 29.5 Å². The highest BCUT2D eigenvalue weighted by molar-refractivity contribution is 9.10. The second kappa shape index (κ2) is 6.81. The quantitative estimate of drug-likeness (QED) is 0.865. The van der Waals surface area contributed by atoms with Gasteiger partial charge in [0.15, 0.2) is 0 Å². The van der Waals surface area contributed by atoms with Crippen LogP contribution in [0.3, 0.4) is 0 Å². The molecule has 0 spiro atoms.